The first-order chi connectivity index (χ1) is 14.3. The van der Waals surface area contributed by atoms with E-state index in [1.54, 1.807) is 54.3 Å². The Bertz CT molecular complexity index is 1170. The SMILES string of the molecule is CC(C)Oc1ccc(OS(=O)(=O)c2ccc3c(c2)OCCC3)c(-c2ccnn2C)c1. The third kappa shape index (κ3) is 4.14. The van der Waals surface area contributed by atoms with E-state index in [0.717, 1.165) is 18.4 Å². The van der Waals surface area contributed by atoms with Gasteiger partial charge >= 0.3 is 10.1 Å². The van der Waals surface area contributed by atoms with E-state index in [1.807, 2.05) is 13.8 Å². The minimum atomic E-state index is -4.06. The molecule has 8 heteroatoms. The maximum Gasteiger partial charge on any atom is 0.339 e. The van der Waals surface area contributed by atoms with Gasteiger partial charge in [0.1, 0.15) is 16.4 Å². The smallest absolute Gasteiger partial charge is 0.339 e. The highest BCUT2D eigenvalue weighted by molar-refractivity contribution is 7.87. The maximum atomic E-state index is 13.0. The van der Waals surface area contributed by atoms with Crippen LogP contribution in [0.5, 0.6) is 17.2 Å². The largest absolute Gasteiger partial charge is 0.493 e. The number of ether oxygens (including phenoxy) is 2. The molecule has 0 unspecified atom stereocenters. The van der Waals surface area contributed by atoms with Crippen LogP contribution in [0.3, 0.4) is 0 Å². The standard InChI is InChI=1S/C22H24N2O5S/c1-15(2)28-17-7-9-21(19(13-17)20-10-11-23-24(20)3)29-30(25,26)18-8-6-16-5-4-12-27-22(16)14-18/h6-11,13-15H,4-5,12H2,1-3H3. The van der Waals surface area contributed by atoms with Gasteiger partial charge in [0, 0.05) is 24.9 Å². The Labute approximate surface area is 176 Å². The molecule has 4 rings (SSSR count). The van der Waals surface area contributed by atoms with Crippen LogP contribution < -0.4 is 13.7 Å². The number of nitrogens with zero attached hydrogens (tertiary/aromatic N) is 2. The van der Waals surface area contributed by atoms with Gasteiger partial charge in [-0.1, -0.05) is 6.07 Å². The molecule has 2 aromatic carbocycles. The second kappa shape index (κ2) is 8.02. The van der Waals surface area contributed by atoms with Crippen LogP contribution in [0, 0.1) is 0 Å². The highest BCUT2D eigenvalue weighted by Crippen LogP contribution is 2.36. The van der Waals surface area contributed by atoms with Crippen LogP contribution in [0.15, 0.2) is 53.6 Å². The molecule has 0 N–H and O–H groups in total. The Morgan fingerprint density at radius 3 is 2.70 bits per heavy atom. The molecular formula is C22H24N2O5S. The fourth-order valence-corrected chi connectivity index (χ4v) is 4.37. The van der Waals surface area contributed by atoms with Crippen molar-refractivity contribution < 1.29 is 22.1 Å². The Balaban J connectivity index is 1.72. The van der Waals surface area contributed by atoms with Gasteiger partial charge in [0.05, 0.1) is 18.4 Å². The van der Waals surface area contributed by atoms with Gasteiger partial charge in [0.2, 0.25) is 0 Å². The number of aromatic nitrogens is 2. The summed E-state index contributed by atoms with van der Waals surface area (Å²) < 4.78 is 44.7. The molecule has 0 fully saturated rings. The Morgan fingerprint density at radius 2 is 1.97 bits per heavy atom. The third-order valence-corrected chi connectivity index (χ3v) is 6.02. The summed E-state index contributed by atoms with van der Waals surface area (Å²) in [7, 11) is -2.28. The van der Waals surface area contributed by atoms with Crippen molar-refractivity contribution in [3.05, 3.63) is 54.2 Å². The summed E-state index contributed by atoms with van der Waals surface area (Å²) in [6.07, 6.45) is 3.42. The predicted octanol–water partition coefficient (Wildman–Crippen LogP) is 3.97. The van der Waals surface area contributed by atoms with Crippen LogP contribution in [-0.2, 0) is 23.6 Å². The normalized spacial score (nSPS) is 13.6. The van der Waals surface area contributed by atoms with Crippen molar-refractivity contribution in [3.63, 3.8) is 0 Å². The molecule has 0 amide bonds. The predicted molar refractivity (Wildman–Crippen MR) is 112 cm³/mol. The average Bonchev–Trinajstić information content (AvgIpc) is 3.14. The lowest BCUT2D eigenvalue weighted by atomic mass is 10.1. The zero-order chi connectivity index (χ0) is 21.3. The van der Waals surface area contributed by atoms with Gasteiger partial charge in [-0.25, -0.2) is 0 Å². The van der Waals surface area contributed by atoms with E-state index >= 15 is 0 Å². The van der Waals surface area contributed by atoms with Crippen LogP contribution in [0.1, 0.15) is 25.8 Å². The summed E-state index contributed by atoms with van der Waals surface area (Å²) in [5.41, 5.74) is 2.29. The van der Waals surface area contributed by atoms with Crippen LogP contribution in [0.2, 0.25) is 0 Å². The molecule has 1 aliphatic heterocycles. The van der Waals surface area contributed by atoms with Crippen LogP contribution >= 0.6 is 0 Å². The van der Waals surface area contributed by atoms with Gasteiger partial charge in [-0.15, -0.1) is 0 Å². The molecule has 1 aliphatic rings. The molecule has 2 heterocycles. The first-order valence-electron chi connectivity index (χ1n) is 9.83. The fourth-order valence-electron chi connectivity index (χ4n) is 3.41. The Morgan fingerprint density at radius 1 is 1.13 bits per heavy atom. The number of hydrogen-bond acceptors (Lipinski definition) is 6. The molecule has 0 bridgehead atoms. The number of rotatable bonds is 6. The van der Waals surface area contributed by atoms with Gasteiger partial charge in [0.25, 0.3) is 0 Å². The van der Waals surface area contributed by atoms with Gasteiger partial charge in [-0.2, -0.15) is 13.5 Å². The average molecular weight is 429 g/mol. The van der Waals surface area contributed by atoms with Crippen molar-refractivity contribution >= 4 is 10.1 Å². The number of hydrogen-bond donors (Lipinski definition) is 0. The molecule has 0 saturated heterocycles. The first-order valence-corrected chi connectivity index (χ1v) is 11.2. The summed E-state index contributed by atoms with van der Waals surface area (Å²) >= 11 is 0. The van der Waals surface area contributed by atoms with Crippen LogP contribution in [-0.4, -0.2) is 30.9 Å². The molecule has 0 atom stereocenters. The minimum absolute atomic E-state index is 0.0182. The highest BCUT2D eigenvalue weighted by atomic mass is 32.2. The molecule has 7 nitrogen and oxygen atoms in total. The van der Waals surface area contributed by atoms with E-state index < -0.39 is 10.1 Å². The molecule has 0 radical (unpaired) electrons. The summed E-state index contributed by atoms with van der Waals surface area (Å²) in [5, 5.41) is 4.18. The molecule has 1 aromatic heterocycles. The molecule has 0 aliphatic carbocycles. The van der Waals surface area contributed by atoms with E-state index in [1.165, 1.54) is 6.07 Å². The molecule has 158 valence electrons. The lowest BCUT2D eigenvalue weighted by molar-refractivity contribution is 0.242. The van der Waals surface area contributed by atoms with Crippen LogP contribution in [0.25, 0.3) is 11.3 Å². The van der Waals surface area contributed by atoms with E-state index in [4.69, 9.17) is 13.7 Å². The third-order valence-electron chi connectivity index (χ3n) is 4.79. The lowest BCUT2D eigenvalue weighted by Crippen LogP contribution is -2.13. The molecule has 0 spiro atoms. The second-order valence-corrected chi connectivity index (χ2v) is 8.97. The van der Waals surface area contributed by atoms with Crippen molar-refractivity contribution in [2.24, 2.45) is 7.05 Å². The Kier molecular flexibility index (Phi) is 5.42. The lowest BCUT2D eigenvalue weighted by Gasteiger charge is -2.18. The quantitative estimate of drug-likeness (QED) is 0.553. The molecular weight excluding hydrogens is 404 g/mol. The molecule has 0 saturated carbocycles. The monoisotopic (exact) mass is 428 g/mol. The summed E-state index contributed by atoms with van der Waals surface area (Å²) in [5.74, 6) is 1.42. The van der Waals surface area contributed by atoms with Crippen molar-refractivity contribution in [2.75, 3.05) is 6.61 Å². The van der Waals surface area contributed by atoms with Crippen LogP contribution in [0.4, 0.5) is 0 Å². The molecule has 3 aromatic rings. The Hall–Kier alpha value is -3.00. The molecule has 30 heavy (non-hydrogen) atoms. The van der Waals surface area contributed by atoms with Gasteiger partial charge in [-0.05, 0) is 62.6 Å². The van der Waals surface area contributed by atoms with E-state index in [9.17, 15) is 8.42 Å². The van der Waals surface area contributed by atoms with Crippen molar-refractivity contribution in [1.82, 2.24) is 9.78 Å². The number of benzene rings is 2. The topological polar surface area (TPSA) is 79.7 Å². The highest BCUT2D eigenvalue weighted by Gasteiger charge is 2.23. The van der Waals surface area contributed by atoms with Crippen molar-refractivity contribution in [2.45, 2.75) is 37.7 Å². The van der Waals surface area contributed by atoms with E-state index in [0.29, 0.717) is 29.4 Å². The summed E-state index contributed by atoms with van der Waals surface area (Å²) in [4.78, 5) is 0.0570. The van der Waals surface area contributed by atoms with Gasteiger partial charge < -0.3 is 13.7 Å². The van der Waals surface area contributed by atoms with Gasteiger partial charge in [0.15, 0.2) is 5.75 Å². The number of fused-ring (bicyclic) bond motifs is 1. The second-order valence-electron chi connectivity index (χ2n) is 7.42. The zero-order valence-corrected chi connectivity index (χ0v) is 18.0. The summed E-state index contributed by atoms with van der Waals surface area (Å²) in [6.45, 7) is 4.44. The van der Waals surface area contributed by atoms with E-state index in [-0.39, 0.29) is 16.7 Å². The maximum absolute atomic E-state index is 13.0. The minimum Gasteiger partial charge on any atom is -0.493 e. The van der Waals surface area contributed by atoms with Gasteiger partial charge in [-0.3, -0.25) is 4.68 Å². The fraction of sp³-hybridized carbons (Fsp3) is 0.318. The first kappa shape index (κ1) is 20.3. The van der Waals surface area contributed by atoms with E-state index in [2.05, 4.69) is 5.10 Å². The summed E-state index contributed by atoms with van der Waals surface area (Å²) in [6, 6.07) is 11.7. The van der Waals surface area contributed by atoms with Crippen molar-refractivity contribution in [3.8, 4) is 28.5 Å². The number of aryl methyl sites for hydroxylation is 2. The van der Waals surface area contributed by atoms with Crippen molar-refractivity contribution in [1.29, 1.82) is 0 Å². The zero-order valence-electron chi connectivity index (χ0n) is 17.2.